The molecule has 9 heteroatoms. The fraction of sp³-hybridized carbons (Fsp3) is 0.263. The van der Waals surface area contributed by atoms with Crippen molar-refractivity contribution in [2.75, 3.05) is 23.3 Å². The van der Waals surface area contributed by atoms with Crippen LogP contribution in [-0.4, -0.2) is 39.5 Å². The highest BCUT2D eigenvalue weighted by Gasteiger charge is 2.21. The Morgan fingerprint density at radius 1 is 1.14 bits per heavy atom. The number of nitrogens with zero attached hydrogens (tertiary/aromatic N) is 1. The van der Waals surface area contributed by atoms with Gasteiger partial charge in [-0.2, -0.15) is 0 Å². The lowest BCUT2D eigenvalue weighted by molar-refractivity contribution is 0.102. The third kappa shape index (κ3) is 4.49. The normalized spacial score (nSPS) is 14.2. The van der Waals surface area contributed by atoms with Crippen molar-refractivity contribution in [3.8, 4) is 0 Å². The summed E-state index contributed by atoms with van der Waals surface area (Å²) in [6.45, 7) is 4.64. The Morgan fingerprint density at radius 3 is 2.46 bits per heavy atom. The standard InChI is InChI=1S/C19H22N4O4S/c1-13(2)22-28(26,27)17-5-3-4-14(12-17)18(24)21-15-6-8-16(9-7-15)23-11-10-20-19(23)25/h3-9,12-13,22H,10-11H2,1-2H3,(H,20,25)(H,21,24). The summed E-state index contributed by atoms with van der Waals surface area (Å²) in [5.74, 6) is -0.423. The first-order valence-electron chi connectivity index (χ1n) is 8.85. The van der Waals surface area contributed by atoms with E-state index in [2.05, 4.69) is 15.4 Å². The van der Waals surface area contributed by atoms with Crippen LogP contribution in [-0.2, 0) is 10.0 Å². The van der Waals surface area contributed by atoms with Crippen LogP contribution >= 0.6 is 0 Å². The molecule has 1 aliphatic rings. The van der Waals surface area contributed by atoms with Crippen LogP contribution in [0.4, 0.5) is 16.2 Å². The second-order valence-electron chi connectivity index (χ2n) is 6.69. The van der Waals surface area contributed by atoms with E-state index in [1.807, 2.05) is 0 Å². The quantitative estimate of drug-likeness (QED) is 0.688. The Bertz CT molecular complexity index is 987. The van der Waals surface area contributed by atoms with Gasteiger partial charge in [0.1, 0.15) is 0 Å². The van der Waals surface area contributed by atoms with E-state index in [4.69, 9.17) is 0 Å². The molecule has 0 aliphatic carbocycles. The Labute approximate surface area is 164 Å². The van der Waals surface area contributed by atoms with E-state index < -0.39 is 15.9 Å². The molecule has 8 nitrogen and oxygen atoms in total. The highest BCUT2D eigenvalue weighted by atomic mass is 32.2. The number of amides is 3. The van der Waals surface area contributed by atoms with Crippen LogP contribution in [0.1, 0.15) is 24.2 Å². The van der Waals surface area contributed by atoms with Crippen molar-refractivity contribution >= 4 is 33.3 Å². The van der Waals surface area contributed by atoms with Crippen LogP contribution in [0.3, 0.4) is 0 Å². The lowest BCUT2D eigenvalue weighted by Gasteiger charge is -2.15. The molecule has 1 aliphatic heterocycles. The lowest BCUT2D eigenvalue weighted by atomic mass is 10.2. The molecule has 0 unspecified atom stereocenters. The van der Waals surface area contributed by atoms with Crippen LogP contribution < -0.4 is 20.3 Å². The maximum atomic E-state index is 12.5. The van der Waals surface area contributed by atoms with Crippen molar-refractivity contribution in [1.82, 2.24) is 10.0 Å². The maximum absolute atomic E-state index is 12.5. The highest BCUT2D eigenvalue weighted by molar-refractivity contribution is 7.89. The van der Waals surface area contributed by atoms with E-state index in [0.29, 0.717) is 18.8 Å². The maximum Gasteiger partial charge on any atom is 0.321 e. The fourth-order valence-electron chi connectivity index (χ4n) is 2.83. The average molecular weight is 402 g/mol. The summed E-state index contributed by atoms with van der Waals surface area (Å²) in [4.78, 5) is 25.8. The molecule has 0 bridgehead atoms. The molecule has 1 heterocycles. The number of carbonyl (C=O) groups is 2. The molecular weight excluding hydrogens is 380 g/mol. The molecule has 1 saturated heterocycles. The molecule has 1 fully saturated rings. The van der Waals surface area contributed by atoms with Crippen molar-refractivity contribution in [3.05, 3.63) is 54.1 Å². The van der Waals surface area contributed by atoms with E-state index >= 15 is 0 Å². The number of benzene rings is 2. The molecule has 3 N–H and O–H groups in total. The molecule has 0 radical (unpaired) electrons. The minimum atomic E-state index is -3.68. The zero-order chi connectivity index (χ0) is 20.3. The van der Waals surface area contributed by atoms with Crippen LogP contribution in [0.15, 0.2) is 53.4 Å². The van der Waals surface area contributed by atoms with Crippen molar-refractivity contribution in [2.24, 2.45) is 0 Å². The Hall–Kier alpha value is -2.91. The molecule has 0 aromatic heterocycles. The smallest absolute Gasteiger partial charge is 0.321 e. The zero-order valence-corrected chi connectivity index (χ0v) is 16.4. The van der Waals surface area contributed by atoms with Crippen molar-refractivity contribution < 1.29 is 18.0 Å². The van der Waals surface area contributed by atoms with Crippen molar-refractivity contribution in [2.45, 2.75) is 24.8 Å². The van der Waals surface area contributed by atoms with E-state index in [1.54, 1.807) is 49.1 Å². The van der Waals surface area contributed by atoms with Gasteiger partial charge in [0.05, 0.1) is 4.90 Å². The number of hydrogen-bond donors (Lipinski definition) is 3. The topological polar surface area (TPSA) is 108 Å². The molecule has 0 spiro atoms. The second-order valence-corrected chi connectivity index (χ2v) is 8.40. The number of urea groups is 1. The van der Waals surface area contributed by atoms with Crippen LogP contribution in [0.5, 0.6) is 0 Å². The monoisotopic (exact) mass is 402 g/mol. The van der Waals surface area contributed by atoms with Gasteiger partial charge in [-0.05, 0) is 56.3 Å². The van der Waals surface area contributed by atoms with E-state index in [1.165, 1.54) is 18.2 Å². The minimum absolute atomic E-state index is 0.0317. The molecule has 2 aromatic rings. The third-order valence-electron chi connectivity index (χ3n) is 4.09. The zero-order valence-electron chi connectivity index (χ0n) is 15.6. The largest absolute Gasteiger partial charge is 0.336 e. The summed E-state index contributed by atoms with van der Waals surface area (Å²) < 4.78 is 27.1. The van der Waals surface area contributed by atoms with Crippen molar-refractivity contribution in [1.29, 1.82) is 0 Å². The van der Waals surface area contributed by atoms with Gasteiger partial charge in [-0.15, -0.1) is 0 Å². The molecule has 0 atom stereocenters. The molecule has 28 heavy (non-hydrogen) atoms. The number of hydrogen-bond acceptors (Lipinski definition) is 4. The fourth-order valence-corrected chi connectivity index (χ4v) is 4.13. The first-order valence-corrected chi connectivity index (χ1v) is 10.3. The second kappa shape index (κ2) is 7.99. The minimum Gasteiger partial charge on any atom is -0.336 e. The van der Waals surface area contributed by atoms with E-state index in [0.717, 1.165) is 5.69 Å². The predicted molar refractivity (Wildman–Crippen MR) is 107 cm³/mol. The Morgan fingerprint density at radius 2 is 1.86 bits per heavy atom. The molecule has 0 saturated carbocycles. The first kappa shape index (κ1) is 19.8. The molecule has 3 amide bonds. The number of nitrogens with one attached hydrogen (secondary N) is 3. The summed E-state index contributed by atoms with van der Waals surface area (Å²) in [7, 11) is -3.68. The van der Waals surface area contributed by atoms with Crippen LogP contribution in [0.25, 0.3) is 0 Å². The van der Waals surface area contributed by atoms with Gasteiger partial charge >= 0.3 is 6.03 Å². The lowest BCUT2D eigenvalue weighted by Crippen LogP contribution is -2.30. The van der Waals surface area contributed by atoms with Gasteiger partial charge in [0.2, 0.25) is 10.0 Å². The molecule has 148 valence electrons. The molecular formula is C19H22N4O4S. The number of carbonyl (C=O) groups excluding carboxylic acids is 2. The average Bonchev–Trinajstić information content (AvgIpc) is 3.07. The highest BCUT2D eigenvalue weighted by Crippen LogP contribution is 2.20. The first-order chi connectivity index (χ1) is 13.3. The SMILES string of the molecule is CC(C)NS(=O)(=O)c1cccc(C(=O)Nc2ccc(N3CCNC3=O)cc2)c1. The summed E-state index contributed by atoms with van der Waals surface area (Å²) in [6, 6.07) is 12.3. The molecule has 3 rings (SSSR count). The summed E-state index contributed by atoms with van der Waals surface area (Å²) in [5.41, 5.74) is 1.51. The Kier molecular flexibility index (Phi) is 5.66. The Balaban J connectivity index is 1.73. The summed E-state index contributed by atoms with van der Waals surface area (Å²) >= 11 is 0. The number of rotatable bonds is 6. The van der Waals surface area contributed by atoms with E-state index in [9.17, 15) is 18.0 Å². The van der Waals surface area contributed by atoms with Gasteiger partial charge in [0, 0.05) is 36.1 Å². The van der Waals surface area contributed by atoms with Gasteiger partial charge in [-0.1, -0.05) is 6.07 Å². The summed E-state index contributed by atoms with van der Waals surface area (Å²) in [6.07, 6.45) is 0. The van der Waals surface area contributed by atoms with Gasteiger partial charge in [-0.25, -0.2) is 17.9 Å². The van der Waals surface area contributed by atoms with Gasteiger partial charge < -0.3 is 10.6 Å². The number of sulfonamides is 1. The predicted octanol–water partition coefficient (Wildman–Crippen LogP) is 2.16. The molecule has 2 aromatic carbocycles. The van der Waals surface area contributed by atoms with Gasteiger partial charge in [-0.3, -0.25) is 9.69 Å². The van der Waals surface area contributed by atoms with Gasteiger partial charge in [0.25, 0.3) is 5.91 Å². The van der Waals surface area contributed by atoms with E-state index in [-0.39, 0.29) is 22.5 Å². The van der Waals surface area contributed by atoms with Crippen LogP contribution in [0, 0.1) is 0 Å². The third-order valence-corrected chi connectivity index (χ3v) is 5.75. The van der Waals surface area contributed by atoms with Crippen LogP contribution in [0.2, 0.25) is 0 Å². The summed E-state index contributed by atoms with van der Waals surface area (Å²) in [5, 5.41) is 5.46. The van der Waals surface area contributed by atoms with Gasteiger partial charge in [0.15, 0.2) is 0 Å². The van der Waals surface area contributed by atoms with Crippen molar-refractivity contribution in [3.63, 3.8) is 0 Å². The number of anilines is 2.